The van der Waals surface area contributed by atoms with E-state index in [0.717, 1.165) is 0 Å². The molecular formula is C23H28F3N7O3. The molecule has 10 nitrogen and oxygen atoms in total. The first-order chi connectivity index (χ1) is 17.1. The Labute approximate surface area is 204 Å². The summed E-state index contributed by atoms with van der Waals surface area (Å²) >= 11 is 0. The highest BCUT2D eigenvalue weighted by Gasteiger charge is 2.41. The van der Waals surface area contributed by atoms with Crippen LogP contribution in [0.5, 0.6) is 0 Å². The number of aliphatic hydroxyl groups excluding tert-OH is 1. The molecule has 0 radical (unpaired) electrons. The molecule has 0 aromatic carbocycles. The van der Waals surface area contributed by atoms with Gasteiger partial charge in [0.05, 0.1) is 18.2 Å². The molecule has 2 N–H and O–H groups in total. The molecular weight excluding hydrogens is 479 g/mol. The number of likely N-dealkylation sites (tertiary alicyclic amines) is 1. The van der Waals surface area contributed by atoms with E-state index in [-0.39, 0.29) is 49.3 Å². The number of aromatic nitrogens is 5. The van der Waals surface area contributed by atoms with E-state index in [9.17, 15) is 27.9 Å². The standard InChI is InChI=1S/C23H28F3N7O3/c1-14(34)31-10-6-19-17(13-31)20(23(24,25)26)29-32(19)12-16(35)11-30-8-4-15(5-9-30)33-21-18(28-22(33)36)3-2-7-27-21/h2-3,7,15-16,35H,4-6,8-13H2,1H3,(H,28,36). The molecule has 0 saturated carbocycles. The molecule has 5 heterocycles. The number of rotatable bonds is 5. The molecule has 1 unspecified atom stereocenters. The van der Waals surface area contributed by atoms with Gasteiger partial charge in [-0.05, 0) is 25.0 Å². The fraction of sp³-hybridized carbons (Fsp3) is 0.565. The molecule has 5 rings (SSSR count). The third kappa shape index (κ3) is 4.64. The van der Waals surface area contributed by atoms with Crippen molar-refractivity contribution in [3.8, 4) is 0 Å². The predicted molar refractivity (Wildman–Crippen MR) is 123 cm³/mol. The Morgan fingerprint density at radius 1 is 1.25 bits per heavy atom. The van der Waals surface area contributed by atoms with E-state index in [2.05, 4.69) is 15.1 Å². The summed E-state index contributed by atoms with van der Waals surface area (Å²) in [5, 5.41) is 14.5. The van der Waals surface area contributed by atoms with Crippen molar-refractivity contribution >= 4 is 17.1 Å². The van der Waals surface area contributed by atoms with Gasteiger partial charge in [-0.15, -0.1) is 0 Å². The zero-order valence-corrected chi connectivity index (χ0v) is 19.8. The van der Waals surface area contributed by atoms with Gasteiger partial charge in [-0.2, -0.15) is 18.3 Å². The smallest absolute Gasteiger partial charge is 0.390 e. The number of aromatic amines is 1. The lowest BCUT2D eigenvalue weighted by Gasteiger charge is -2.33. The van der Waals surface area contributed by atoms with Crippen molar-refractivity contribution in [2.75, 3.05) is 26.2 Å². The van der Waals surface area contributed by atoms with Crippen LogP contribution in [0.2, 0.25) is 0 Å². The highest BCUT2D eigenvalue weighted by molar-refractivity contribution is 5.73. The highest BCUT2D eigenvalue weighted by Crippen LogP contribution is 2.35. The van der Waals surface area contributed by atoms with Gasteiger partial charge < -0.3 is 19.9 Å². The molecule has 194 valence electrons. The number of fused-ring (bicyclic) bond motifs is 2. The van der Waals surface area contributed by atoms with Crippen molar-refractivity contribution in [2.45, 2.75) is 57.6 Å². The first kappa shape index (κ1) is 24.5. The summed E-state index contributed by atoms with van der Waals surface area (Å²) < 4.78 is 43.8. The number of nitrogens with one attached hydrogen (secondary N) is 1. The lowest BCUT2D eigenvalue weighted by Crippen LogP contribution is -2.42. The zero-order valence-electron chi connectivity index (χ0n) is 19.8. The molecule has 1 atom stereocenters. The number of hydrogen-bond donors (Lipinski definition) is 2. The Morgan fingerprint density at radius 3 is 2.69 bits per heavy atom. The first-order valence-corrected chi connectivity index (χ1v) is 12.0. The molecule has 0 spiro atoms. The molecule has 1 amide bonds. The number of imidazole rings is 1. The minimum absolute atomic E-state index is 0.00902. The quantitative estimate of drug-likeness (QED) is 0.542. The average Bonchev–Trinajstić information content (AvgIpc) is 3.36. The Bertz CT molecular complexity index is 1320. The number of H-pyrrole nitrogens is 1. The van der Waals surface area contributed by atoms with Crippen molar-refractivity contribution in [3.63, 3.8) is 0 Å². The molecule has 0 bridgehead atoms. The second kappa shape index (κ2) is 9.36. The Hall–Kier alpha value is -3.19. The second-order valence-corrected chi connectivity index (χ2v) is 9.50. The number of halogens is 3. The summed E-state index contributed by atoms with van der Waals surface area (Å²) in [4.78, 5) is 34.7. The van der Waals surface area contributed by atoms with E-state index in [4.69, 9.17) is 0 Å². The fourth-order valence-electron chi connectivity index (χ4n) is 5.35. The van der Waals surface area contributed by atoms with E-state index in [1.54, 1.807) is 16.8 Å². The number of β-amino-alcohol motifs (C(OH)–C–C–N with tert-alkyl or cyclic N) is 1. The van der Waals surface area contributed by atoms with Gasteiger partial charge in [-0.3, -0.25) is 14.0 Å². The van der Waals surface area contributed by atoms with Gasteiger partial charge in [0.2, 0.25) is 5.91 Å². The predicted octanol–water partition coefficient (Wildman–Crippen LogP) is 1.54. The summed E-state index contributed by atoms with van der Waals surface area (Å²) in [5.41, 5.74) is 0.544. The normalized spacial score (nSPS) is 18.5. The highest BCUT2D eigenvalue weighted by atomic mass is 19.4. The van der Waals surface area contributed by atoms with Crippen molar-refractivity contribution in [2.24, 2.45) is 0 Å². The summed E-state index contributed by atoms with van der Waals surface area (Å²) in [6, 6.07) is 3.55. The maximum absolute atomic E-state index is 13.6. The van der Waals surface area contributed by atoms with Crippen LogP contribution in [0.25, 0.3) is 11.2 Å². The minimum Gasteiger partial charge on any atom is -0.390 e. The maximum Gasteiger partial charge on any atom is 0.435 e. The van der Waals surface area contributed by atoms with Crippen LogP contribution in [0, 0.1) is 0 Å². The van der Waals surface area contributed by atoms with Crippen LogP contribution in [0.4, 0.5) is 13.2 Å². The van der Waals surface area contributed by atoms with Crippen molar-refractivity contribution in [3.05, 3.63) is 45.8 Å². The fourth-order valence-corrected chi connectivity index (χ4v) is 5.35. The van der Waals surface area contributed by atoms with Gasteiger partial charge in [0.25, 0.3) is 0 Å². The number of piperidine rings is 1. The van der Waals surface area contributed by atoms with E-state index in [1.807, 2.05) is 11.0 Å². The van der Waals surface area contributed by atoms with Gasteiger partial charge in [0, 0.05) is 69.6 Å². The lowest BCUT2D eigenvalue weighted by molar-refractivity contribution is -0.143. The Morgan fingerprint density at radius 2 is 2.00 bits per heavy atom. The average molecular weight is 508 g/mol. The number of carbonyl (C=O) groups is 1. The van der Waals surface area contributed by atoms with Gasteiger partial charge in [0.15, 0.2) is 11.3 Å². The number of hydrogen-bond acceptors (Lipinski definition) is 6. The van der Waals surface area contributed by atoms with Gasteiger partial charge >= 0.3 is 11.9 Å². The SMILES string of the molecule is CC(=O)N1CCc2c(c(C(F)(F)F)nn2CC(O)CN2CCC(n3c(=O)[nH]c4cccnc43)CC2)C1. The summed E-state index contributed by atoms with van der Waals surface area (Å²) in [7, 11) is 0. The third-order valence-corrected chi connectivity index (χ3v) is 7.10. The Balaban J connectivity index is 1.24. The van der Waals surface area contributed by atoms with Crippen LogP contribution in [0.1, 0.15) is 42.8 Å². The minimum atomic E-state index is -4.64. The molecule has 2 aliphatic rings. The molecule has 1 saturated heterocycles. The summed E-state index contributed by atoms with van der Waals surface area (Å²) in [6.07, 6.45) is -2.29. The number of alkyl halides is 3. The van der Waals surface area contributed by atoms with Crippen LogP contribution in [-0.2, 0) is 30.5 Å². The molecule has 3 aromatic rings. The van der Waals surface area contributed by atoms with Gasteiger partial charge in [-0.1, -0.05) is 0 Å². The number of carbonyl (C=O) groups excluding carboxylic acids is 1. The number of amides is 1. The molecule has 0 aliphatic carbocycles. The third-order valence-electron chi connectivity index (χ3n) is 7.10. The number of nitrogens with zero attached hydrogens (tertiary/aromatic N) is 6. The van der Waals surface area contributed by atoms with Crippen molar-refractivity contribution in [1.82, 2.24) is 34.1 Å². The largest absolute Gasteiger partial charge is 0.435 e. The van der Waals surface area contributed by atoms with Crippen LogP contribution in [-0.4, -0.2) is 77.4 Å². The van der Waals surface area contributed by atoms with E-state index < -0.39 is 18.0 Å². The lowest BCUT2D eigenvalue weighted by atomic mass is 10.0. The zero-order chi connectivity index (χ0) is 25.6. The second-order valence-electron chi connectivity index (χ2n) is 9.50. The molecule has 2 aliphatic heterocycles. The van der Waals surface area contributed by atoms with Crippen LogP contribution in [0.3, 0.4) is 0 Å². The van der Waals surface area contributed by atoms with E-state index in [0.29, 0.717) is 49.3 Å². The van der Waals surface area contributed by atoms with Crippen molar-refractivity contribution < 1.29 is 23.1 Å². The van der Waals surface area contributed by atoms with Gasteiger partial charge in [-0.25, -0.2) is 9.78 Å². The Kier molecular flexibility index (Phi) is 6.37. The summed E-state index contributed by atoms with van der Waals surface area (Å²) in [6.45, 7) is 3.00. The maximum atomic E-state index is 13.6. The van der Waals surface area contributed by atoms with Crippen LogP contribution < -0.4 is 5.69 Å². The number of aliphatic hydroxyl groups is 1. The first-order valence-electron chi connectivity index (χ1n) is 12.0. The van der Waals surface area contributed by atoms with E-state index >= 15 is 0 Å². The topological polar surface area (TPSA) is 112 Å². The van der Waals surface area contributed by atoms with Crippen LogP contribution in [0.15, 0.2) is 23.1 Å². The monoisotopic (exact) mass is 507 g/mol. The molecule has 3 aromatic heterocycles. The number of pyridine rings is 1. The van der Waals surface area contributed by atoms with Crippen LogP contribution >= 0.6 is 0 Å². The molecule has 13 heteroatoms. The summed E-state index contributed by atoms with van der Waals surface area (Å²) in [5.74, 6) is -0.282. The van der Waals surface area contributed by atoms with Crippen molar-refractivity contribution in [1.29, 1.82) is 0 Å². The molecule has 36 heavy (non-hydrogen) atoms. The van der Waals surface area contributed by atoms with Gasteiger partial charge in [0.1, 0.15) is 0 Å². The molecule has 1 fully saturated rings. The van der Waals surface area contributed by atoms with E-state index in [1.165, 1.54) is 16.5 Å².